The predicted octanol–water partition coefficient (Wildman–Crippen LogP) is 14.3. The van der Waals surface area contributed by atoms with Gasteiger partial charge in [-0.25, -0.2) is 0 Å². The fraction of sp³-hybridized carbons (Fsp3) is 0.522. The summed E-state index contributed by atoms with van der Waals surface area (Å²) in [7, 11) is 17.4. The van der Waals surface area contributed by atoms with E-state index in [1.807, 2.05) is 0 Å². The Morgan fingerprint density at radius 3 is 1.94 bits per heavy atom. The number of hydrogen-bond donors (Lipinski definition) is 0. The van der Waals surface area contributed by atoms with E-state index in [4.69, 9.17) is 17.0 Å². The first-order valence-electron chi connectivity index (χ1n) is 20.2. The average Bonchev–Trinajstić information content (AvgIpc) is 3.66. The number of allylic oxidation sites excluding steroid dienone is 2. The summed E-state index contributed by atoms with van der Waals surface area (Å²) in [5, 5.41) is 0. The number of benzene rings is 3. The SMILES string of the molecule is CCCC(C)C1=Cc2c(C(C)CC)cccc2[CH]1[Zr]([Cl])([Cl])([CH]1C(C)=Cc2c(-c3ccc(C45CC6CC(CC(C6)C4)C5)cc3)cccc21)[SiH](C)C. The zero-order valence-corrected chi connectivity index (χ0v) is 36.8. The van der Waals surface area contributed by atoms with Crippen molar-refractivity contribution in [2.75, 3.05) is 0 Å². The van der Waals surface area contributed by atoms with Gasteiger partial charge in [0.2, 0.25) is 0 Å². The van der Waals surface area contributed by atoms with Gasteiger partial charge in [-0.2, -0.15) is 0 Å². The number of hydrogen-bond acceptors (Lipinski definition) is 0. The van der Waals surface area contributed by atoms with Gasteiger partial charge in [0.15, 0.2) is 0 Å². The topological polar surface area (TPSA) is 0 Å². The molecule has 0 nitrogen and oxygen atoms in total. The van der Waals surface area contributed by atoms with Crippen molar-refractivity contribution in [2.24, 2.45) is 23.7 Å². The van der Waals surface area contributed by atoms with Gasteiger partial charge in [0.1, 0.15) is 0 Å². The van der Waals surface area contributed by atoms with Crippen LogP contribution in [0.5, 0.6) is 0 Å². The van der Waals surface area contributed by atoms with Gasteiger partial charge in [-0.3, -0.25) is 0 Å². The Kier molecular flexibility index (Phi) is 9.31. The van der Waals surface area contributed by atoms with Crippen LogP contribution in [0, 0.1) is 23.7 Å². The van der Waals surface area contributed by atoms with E-state index in [9.17, 15) is 0 Å². The zero-order chi connectivity index (χ0) is 35.2. The molecular formula is C46H59Cl2SiZr. The maximum atomic E-state index is 8.72. The molecule has 265 valence electrons. The van der Waals surface area contributed by atoms with Crippen molar-refractivity contribution in [1.29, 1.82) is 0 Å². The monoisotopic (exact) mass is 799 g/mol. The molecule has 4 bridgehead atoms. The molecule has 0 N–H and O–H groups in total. The molecule has 0 spiro atoms. The van der Waals surface area contributed by atoms with E-state index < -0.39 is 21.5 Å². The van der Waals surface area contributed by atoms with Crippen LogP contribution < -0.4 is 0 Å². The zero-order valence-electron chi connectivity index (χ0n) is 31.7. The Labute approximate surface area is 312 Å². The van der Waals surface area contributed by atoms with Crippen LogP contribution in [0.15, 0.2) is 71.8 Å². The second-order valence-electron chi connectivity index (χ2n) is 18.2. The van der Waals surface area contributed by atoms with Crippen LogP contribution in [0.1, 0.15) is 139 Å². The third-order valence-corrected chi connectivity index (χ3v) is 66.9. The Bertz CT molecular complexity index is 1830. The minimum atomic E-state index is -4.78. The summed E-state index contributed by atoms with van der Waals surface area (Å²) in [5.41, 5.74) is 14.8. The van der Waals surface area contributed by atoms with E-state index in [-0.39, 0.29) is 7.25 Å². The average molecular weight is 802 g/mol. The first-order valence-corrected chi connectivity index (χ1v) is 36.5. The molecule has 0 aliphatic heterocycles. The van der Waals surface area contributed by atoms with Gasteiger partial charge in [0.05, 0.1) is 0 Å². The molecule has 6 aliphatic rings. The van der Waals surface area contributed by atoms with Crippen LogP contribution in [0.3, 0.4) is 0 Å². The molecule has 3 aromatic rings. The van der Waals surface area contributed by atoms with Crippen molar-refractivity contribution in [3.8, 4) is 11.1 Å². The Hall–Kier alpha value is -1.18. The molecule has 9 rings (SSSR count). The van der Waals surface area contributed by atoms with Gasteiger partial charge in [-0.1, -0.05) is 0 Å². The van der Waals surface area contributed by atoms with Gasteiger partial charge in [0, 0.05) is 0 Å². The van der Waals surface area contributed by atoms with Crippen molar-refractivity contribution in [3.63, 3.8) is 0 Å². The van der Waals surface area contributed by atoms with Crippen LogP contribution in [0.4, 0.5) is 0 Å². The van der Waals surface area contributed by atoms with E-state index in [0.717, 1.165) is 24.2 Å². The molecule has 0 saturated heterocycles. The molecule has 0 radical (unpaired) electrons. The third-order valence-electron chi connectivity index (χ3n) is 14.9. The van der Waals surface area contributed by atoms with E-state index in [1.165, 1.54) is 101 Å². The molecule has 4 saturated carbocycles. The van der Waals surface area contributed by atoms with Crippen molar-refractivity contribution >= 4 is 35.1 Å². The number of rotatable bonds is 10. The third kappa shape index (κ3) is 5.41. The quantitative estimate of drug-likeness (QED) is 0.179. The molecule has 4 heteroatoms. The van der Waals surface area contributed by atoms with Crippen molar-refractivity contribution in [2.45, 2.75) is 124 Å². The fourth-order valence-corrected chi connectivity index (χ4v) is 44.7. The number of halogens is 2. The molecule has 0 aromatic heterocycles. The van der Waals surface area contributed by atoms with Gasteiger partial charge in [0.25, 0.3) is 0 Å². The second kappa shape index (κ2) is 13.0. The summed E-state index contributed by atoms with van der Waals surface area (Å²) in [6.45, 7) is 16.8. The minimum absolute atomic E-state index is 0.133. The molecule has 3 aromatic carbocycles. The first kappa shape index (κ1) is 35.8. The summed E-state index contributed by atoms with van der Waals surface area (Å²) < 4.78 is 0.294. The summed E-state index contributed by atoms with van der Waals surface area (Å²) in [5.74, 6) is 2.27. The molecule has 0 amide bonds. The van der Waals surface area contributed by atoms with Gasteiger partial charge in [-0.15, -0.1) is 0 Å². The predicted molar refractivity (Wildman–Crippen MR) is 219 cm³/mol. The van der Waals surface area contributed by atoms with E-state index in [0.29, 0.717) is 17.3 Å². The Morgan fingerprint density at radius 2 is 1.36 bits per heavy atom. The van der Waals surface area contributed by atoms with Crippen LogP contribution in [0.2, 0.25) is 13.1 Å². The van der Waals surface area contributed by atoms with Crippen LogP contribution in [-0.2, 0) is 21.0 Å². The van der Waals surface area contributed by atoms with Crippen LogP contribution in [-0.4, -0.2) is 5.92 Å². The molecule has 6 aliphatic carbocycles. The van der Waals surface area contributed by atoms with Crippen molar-refractivity contribution in [1.82, 2.24) is 0 Å². The van der Waals surface area contributed by atoms with Crippen molar-refractivity contribution in [3.05, 3.63) is 105 Å². The molecule has 0 heterocycles. The number of fused-ring (bicyclic) bond motifs is 2. The maximum absolute atomic E-state index is 8.72. The summed E-state index contributed by atoms with van der Waals surface area (Å²) >= 11 is -4.78. The van der Waals surface area contributed by atoms with E-state index in [2.05, 4.69) is 121 Å². The summed E-state index contributed by atoms with van der Waals surface area (Å²) in [6, 6.07) is 24.0. The summed E-state index contributed by atoms with van der Waals surface area (Å²) in [4.78, 5) is 0. The fourth-order valence-electron chi connectivity index (χ4n) is 12.6. The summed E-state index contributed by atoms with van der Waals surface area (Å²) in [6.07, 6.45) is 17.3. The van der Waals surface area contributed by atoms with Crippen LogP contribution in [0.25, 0.3) is 23.3 Å². The molecular weight excluding hydrogens is 743 g/mol. The van der Waals surface area contributed by atoms with E-state index in [1.54, 1.807) is 5.56 Å². The standard InChI is InChI=1S/C26H27.C18H25.C2H7Si.2ClH.Zr/c1-17-9-22-3-2-4-24(25(22)10-17)21-5-7-23(8-6-21)26-14-18-11-19(15-26)13-20(12-18)16-26;1-5-8-14(4)16-11-15-9-7-10-17(13(3)6-2)18(15)12-16;1-3-2;;;/h2-10,18-20H,11-16H2,1H3;7,9-14H,5-6,8H2,1-4H3;3H,1-2H3;2*1H;/q;;;;;+2/p-2. The first-order chi connectivity index (χ1) is 23.9. The Morgan fingerprint density at radius 1 is 0.760 bits per heavy atom. The Balaban J connectivity index is 1.22. The van der Waals surface area contributed by atoms with Gasteiger partial charge in [-0.05, 0) is 0 Å². The van der Waals surface area contributed by atoms with Gasteiger partial charge >= 0.3 is 315 Å². The van der Waals surface area contributed by atoms with E-state index >= 15 is 0 Å². The van der Waals surface area contributed by atoms with Crippen molar-refractivity contribution < 1.29 is 15.6 Å². The molecule has 4 unspecified atom stereocenters. The van der Waals surface area contributed by atoms with Crippen LogP contribution >= 0.6 is 17.0 Å². The second-order valence-corrected chi connectivity index (χ2v) is 60.7. The van der Waals surface area contributed by atoms with Gasteiger partial charge < -0.3 is 0 Å². The normalized spacial score (nSPS) is 30.0. The molecule has 4 fully saturated rings. The molecule has 4 atom stereocenters. The molecule has 50 heavy (non-hydrogen) atoms.